The Bertz CT molecular complexity index is 180. The lowest BCUT2D eigenvalue weighted by molar-refractivity contribution is -0.134. The number of hydrogen-bond donors (Lipinski definition) is 1. The second-order valence-electron chi connectivity index (χ2n) is 1.96. The fraction of sp³-hybridized carbons (Fsp3) is 0.600. The van der Waals surface area contributed by atoms with Crippen molar-refractivity contribution in [3.05, 3.63) is 0 Å². The molecule has 3 amide bonds. The van der Waals surface area contributed by atoms with E-state index in [1.807, 2.05) is 0 Å². The molecule has 1 atom stereocenters. The van der Waals surface area contributed by atoms with Crippen molar-refractivity contribution < 1.29 is 14.3 Å². The molecule has 56 valence electrons. The highest BCUT2D eigenvalue weighted by Crippen LogP contribution is 2.02. The van der Waals surface area contributed by atoms with Crippen molar-refractivity contribution in [2.45, 2.75) is 6.23 Å². The Labute approximate surface area is 57.9 Å². The number of urea groups is 1. The van der Waals surface area contributed by atoms with Crippen molar-refractivity contribution in [2.75, 3.05) is 14.2 Å². The first kappa shape index (κ1) is 7.01. The van der Waals surface area contributed by atoms with E-state index >= 15 is 0 Å². The summed E-state index contributed by atoms with van der Waals surface area (Å²) < 4.78 is 4.64. The molecule has 5 heteroatoms. The number of nitrogens with one attached hydrogen (secondary N) is 1. The Morgan fingerprint density at radius 1 is 1.60 bits per heavy atom. The minimum absolute atomic E-state index is 0.354. The summed E-state index contributed by atoms with van der Waals surface area (Å²) in [7, 11) is 2.76. The summed E-state index contributed by atoms with van der Waals surface area (Å²) in [6, 6.07) is -0.420. The highest BCUT2D eigenvalue weighted by molar-refractivity contribution is 6.02. The molecule has 10 heavy (non-hydrogen) atoms. The average Bonchev–Trinajstić information content (AvgIpc) is 2.17. The van der Waals surface area contributed by atoms with Gasteiger partial charge in [-0.1, -0.05) is 0 Å². The number of imide groups is 1. The maximum atomic E-state index is 10.9. The number of hydrogen-bond acceptors (Lipinski definition) is 3. The number of nitrogens with zero attached hydrogens (tertiary/aromatic N) is 1. The Balaban J connectivity index is 2.71. The summed E-state index contributed by atoms with van der Waals surface area (Å²) in [6.45, 7) is 0. The molecule has 0 radical (unpaired) electrons. The van der Waals surface area contributed by atoms with Crippen LogP contribution < -0.4 is 5.32 Å². The van der Waals surface area contributed by atoms with Gasteiger partial charge in [0.15, 0.2) is 0 Å². The van der Waals surface area contributed by atoms with Crippen LogP contribution in [-0.2, 0) is 9.53 Å². The zero-order chi connectivity index (χ0) is 7.72. The van der Waals surface area contributed by atoms with Crippen LogP contribution >= 0.6 is 0 Å². The molecular weight excluding hydrogens is 136 g/mol. The van der Waals surface area contributed by atoms with E-state index in [1.54, 1.807) is 0 Å². The van der Waals surface area contributed by atoms with Gasteiger partial charge in [-0.15, -0.1) is 0 Å². The first-order chi connectivity index (χ1) is 4.66. The minimum Gasteiger partial charge on any atom is -0.353 e. The number of methoxy groups -OCH3 is 1. The van der Waals surface area contributed by atoms with E-state index in [1.165, 1.54) is 14.2 Å². The maximum Gasteiger partial charge on any atom is 0.326 e. The molecule has 0 aromatic rings. The third-order valence-electron chi connectivity index (χ3n) is 1.35. The minimum atomic E-state index is -0.794. The van der Waals surface area contributed by atoms with E-state index < -0.39 is 12.3 Å². The van der Waals surface area contributed by atoms with Gasteiger partial charge in [0.25, 0.3) is 5.91 Å². The van der Waals surface area contributed by atoms with E-state index in [2.05, 4.69) is 10.1 Å². The van der Waals surface area contributed by atoms with Crippen LogP contribution in [0.1, 0.15) is 0 Å². The molecule has 1 saturated heterocycles. The topological polar surface area (TPSA) is 58.6 Å². The first-order valence-corrected chi connectivity index (χ1v) is 2.77. The number of carbonyl (C=O) groups excluding carboxylic acids is 2. The van der Waals surface area contributed by atoms with Gasteiger partial charge in [-0.2, -0.15) is 0 Å². The Kier molecular flexibility index (Phi) is 1.58. The summed E-state index contributed by atoms with van der Waals surface area (Å²) in [4.78, 5) is 22.5. The lowest BCUT2D eigenvalue weighted by atomic mass is 10.5. The number of ether oxygens (including phenoxy) is 1. The van der Waals surface area contributed by atoms with E-state index in [0.717, 1.165) is 4.90 Å². The standard InChI is InChI=1S/C5H8N2O3/c1-7-4(8)3(10-2)6-5(7)9/h3H,1-2H3,(H,6,9). The Morgan fingerprint density at radius 2 is 2.20 bits per heavy atom. The van der Waals surface area contributed by atoms with Crippen LogP contribution in [0.15, 0.2) is 0 Å². The second-order valence-corrected chi connectivity index (χ2v) is 1.96. The average molecular weight is 144 g/mol. The fourth-order valence-electron chi connectivity index (χ4n) is 0.706. The SMILES string of the molecule is COC1NC(=O)N(C)C1=O. The van der Waals surface area contributed by atoms with Crippen LogP contribution in [0.3, 0.4) is 0 Å². The molecular formula is C5H8N2O3. The molecule has 1 aliphatic heterocycles. The monoisotopic (exact) mass is 144 g/mol. The van der Waals surface area contributed by atoms with E-state index in [0.29, 0.717) is 0 Å². The molecule has 1 fully saturated rings. The molecule has 0 aliphatic carbocycles. The van der Waals surface area contributed by atoms with Crippen molar-refractivity contribution in [3.8, 4) is 0 Å². The van der Waals surface area contributed by atoms with Crippen LogP contribution in [0.5, 0.6) is 0 Å². The Morgan fingerprint density at radius 3 is 2.40 bits per heavy atom. The van der Waals surface area contributed by atoms with Crippen LogP contribution in [0.2, 0.25) is 0 Å². The second kappa shape index (κ2) is 2.26. The molecule has 1 heterocycles. The largest absolute Gasteiger partial charge is 0.353 e. The maximum absolute atomic E-state index is 10.9. The van der Waals surface area contributed by atoms with Crippen LogP contribution in [-0.4, -0.2) is 37.2 Å². The third kappa shape index (κ3) is 0.841. The molecule has 0 spiro atoms. The van der Waals surface area contributed by atoms with Gasteiger partial charge in [0.2, 0.25) is 6.23 Å². The summed E-state index contributed by atoms with van der Waals surface area (Å²) in [5.74, 6) is -0.354. The van der Waals surface area contributed by atoms with Gasteiger partial charge in [0.05, 0.1) is 0 Å². The summed E-state index contributed by atoms with van der Waals surface area (Å²) >= 11 is 0. The van der Waals surface area contributed by atoms with Crippen molar-refractivity contribution in [2.24, 2.45) is 0 Å². The fourth-order valence-corrected chi connectivity index (χ4v) is 0.706. The zero-order valence-electron chi connectivity index (χ0n) is 5.75. The van der Waals surface area contributed by atoms with Crippen LogP contribution in [0, 0.1) is 0 Å². The molecule has 0 aromatic carbocycles. The number of likely N-dealkylation sites (N-methyl/N-ethyl adjacent to an activating group) is 1. The van der Waals surface area contributed by atoms with Gasteiger partial charge in [-0.25, -0.2) is 4.79 Å². The number of amides is 3. The lowest BCUT2D eigenvalue weighted by Crippen LogP contribution is -2.30. The highest BCUT2D eigenvalue weighted by Gasteiger charge is 2.34. The molecule has 5 nitrogen and oxygen atoms in total. The predicted molar refractivity (Wildman–Crippen MR) is 32.1 cm³/mol. The predicted octanol–water partition coefficient (Wildman–Crippen LogP) is -0.859. The van der Waals surface area contributed by atoms with Crippen LogP contribution in [0.4, 0.5) is 4.79 Å². The van der Waals surface area contributed by atoms with E-state index in [9.17, 15) is 9.59 Å². The number of rotatable bonds is 1. The van der Waals surface area contributed by atoms with Gasteiger partial charge < -0.3 is 10.1 Å². The van der Waals surface area contributed by atoms with Crippen LogP contribution in [0.25, 0.3) is 0 Å². The molecule has 1 aliphatic rings. The first-order valence-electron chi connectivity index (χ1n) is 2.77. The molecule has 1 unspecified atom stereocenters. The van der Waals surface area contributed by atoms with Crippen molar-refractivity contribution >= 4 is 11.9 Å². The quantitative estimate of drug-likeness (QED) is 0.487. The van der Waals surface area contributed by atoms with Gasteiger partial charge in [-0.05, 0) is 0 Å². The lowest BCUT2D eigenvalue weighted by Gasteiger charge is -2.03. The van der Waals surface area contributed by atoms with E-state index in [-0.39, 0.29) is 5.91 Å². The molecule has 0 bridgehead atoms. The molecule has 0 aromatic heterocycles. The van der Waals surface area contributed by atoms with Crippen molar-refractivity contribution in [3.63, 3.8) is 0 Å². The number of carbonyl (C=O) groups is 2. The molecule has 0 saturated carbocycles. The zero-order valence-corrected chi connectivity index (χ0v) is 5.75. The van der Waals surface area contributed by atoms with Crippen molar-refractivity contribution in [1.82, 2.24) is 10.2 Å². The summed E-state index contributed by atoms with van der Waals surface area (Å²) in [5.41, 5.74) is 0. The Hall–Kier alpha value is -1.10. The summed E-state index contributed by atoms with van der Waals surface area (Å²) in [6.07, 6.45) is -0.794. The van der Waals surface area contributed by atoms with E-state index in [4.69, 9.17) is 0 Å². The van der Waals surface area contributed by atoms with Gasteiger partial charge >= 0.3 is 6.03 Å². The smallest absolute Gasteiger partial charge is 0.326 e. The normalized spacial score (nSPS) is 25.4. The van der Waals surface area contributed by atoms with Gasteiger partial charge in [0.1, 0.15) is 0 Å². The summed E-state index contributed by atoms with van der Waals surface area (Å²) in [5, 5.41) is 2.32. The molecule has 1 rings (SSSR count). The van der Waals surface area contributed by atoms with Gasteiger partial charge in [0, 0.05) is 14.2 Å². The highest BCUT2D eigenvalue weighted by atomic mass is 16.5. The molecule has 1 N–H and O–H groups in total. The van der Waals surface area contributed by atoms with Gasteiger partial charge in [-0.3, -0.25) is 9.69 Å². The third-order valence-corrected chi connectivity index (χ3v) is 1.35. The van der Waals surface area contributed by atoms with Crippen molar-refractivity contribution in [1.29, 1.82) is 0 Å².